The van der Waals surface area contributed by atoms with Gasteiger partial charge in [0, 0.05) is 11.8 Å². The average Bonchev–Trinajstić information content (AvgIpc) is 2.47. The maximum absolute atomic E-state index is 10.9. The Labute approximate surface area is 115 Å². The van der Waals surface area contributed by atoms with Gasteiger partial charge in [0.15, 0.2) is 0 Å². The number of aldehydes is 1. The van der Waals surface area contributed by atoms with Crippen molar-refractivity contribution in [1.82, 2.24) is 0 Å². The molecular formula is C13H17NO6. The van der Waals surface area contributed by atoms with E-state index in [1.165, 1.54) is 12.3 Å². The molecule has 0 amide bonds. The highest BCUT2D eigenvalue weighted by Crippen LogP contribution is 2.14. The quantitative estimate of drug-likeness (QED) is 0.304. The average molecular weight is 283 g/mol. The molecule has 1 aromatic carbocycles. The van der Waals surface area contributed by atoms with Crippen LogP contribution in [0, 0.1) is 0 Å². The molecule has 20 heavy (non-hydrogen) atoms. The summed E-state index contributed by atoms with van der Waals surface area (Å²) in [5, 5.41) is 46.6. The number of aliphatic imine (C=N–C) groups is 1. The lowest BCUT2D eigenvalue weighted by atomic mass is 10.0. The molecule has 0 aromatic heterocycles. The lowest BCUT2D eigenvalue weighted by Gasteiger charge is -2.23. The fourth-order valence-corrected chi connectivity index (χ4v) is 1.50. The minimum Gasteiger partial charge on any atom is -0.507 e. The second-order valence-corrected chi connectivity index (χ2v) is 4.19. The van der Waals surface area contributed by atoms with Crippen molar-refractivity contribution in [2.24, 2.45) is 4.99 Å². The SMILES string of the molecule is O=C[C@H](N=Cc1ccccc1O)[C@@H](O)[C@H](O)[C@H](O)CO. The molecule has 4 atom stereocenters. The zero-order chi connectivity index (χ0) is 15.1. The molecule has 0 aliphatic carbocycles. The maximum Gasteiger partial charge on any atom is 0.147 e. The molecule has 0 saturated heterocycles. The van der Waals surface area contributed by atoms with Crippen LogP contribution in [0.15, 0.2) is 29.3 Å². The van der Waals surface area contributed by atoms with Gasteiger partial charge in [0.1, 0.15) is 36.4 Å². The summed E-state index contributed by atoms with van der Waals surface area (Å²) >= 11 is 0. The standard InChI is InChI=1S/C13H17NO6/c15-6-9(12(19)13(20)11(18)7-16)14-5-8-3-1-2-4-10(8)17/h1-6,9,11-13,16-20H,7H2/t9-,11+,12+,13+/m0/s1. The van der Waals surface area contributed by atoms with Gasteiger partial charge in [0.05, 0.1) is 6.61 Å². The van der Waals surface area contributed by atoms with Gasteiger partial charge >= 0.3 is 0 Å². The van der Waals surface area contributed by atoms with Gasteiger partial charge in [-0.05, 0) is 12.1 Å². The van der Waals surface area contributed by atoms with Gasteiger partial charge in [-0.3, -0.25) is 4.99 Å². The van der Waals surface area contributed by atoms with Crippen molar-refractivity contribution in [3.8, 4) is 5.75 Å². The number of phenolic OH excluding ortho intramolecular Hbond substituents is 1. The van der Waals surface area contributed by atoms with Crippen LogP contribution < -0.4 is 0 Å². The minimum atomic E-state index is -1.71. The van der Waals surface area contributed by atoms with Crippen LogP contribution in [0.25, 0.3) is 0 Å². The van der Waals surface area contributed by atoms with E-state index < -0.39 is 31.0 Å². The second kappa shape index (κ2) is 7.71. The van der Waals surface area contributed by atoms with Gasteiger partial charge in [-0.1, -0.05) is 12.1 Å². The van der Waals surface area contributed by atoms with Crippen LogP contribution in [-0.2, 0) is 4.79 Å². The number of nitrogens with zero attached hydrogens (tertiary/aromatic N) is 1. The van der Waals surface area contributed by atoms with Crippen LogP contribution >= 0.6 is 0 Å². The Bertz CT molecular complexity index is 464. The molecule has 5 N–H and O–H groups in total. The normalized spacial score (nSPS) is 17.6. The zero-order valence-corrected chi connectivity index (χ0v) is 10.6. The third-order valence-electron chi connectivity index (χ3n) is 2.74. The largest absolute Gasteiger partial charge is 0.507 e. The zero-order valence-electron chi connectivity index (χ0n) is 10.6. The van der Waals surface area contributed by atoms with Crippen molar-refractivity contribution in [2.75, 3.05) is 6.61 Å². The summed E-state index contributed by atoms with van der Waals surface area (Å²) in [4.78, 5) is 14.6. The van der Waals surface area contributed by atoms with E-state index in [0.29, 0.717) is 11.8 Å². The number of carbonyl (C=O) groups is 1. The Hall–Kier alpha value is -1.80. The van der Waals surface area contributed by atoms with E-state index in [1.54, 1.807) is 18.2 Å². The number of aliphatic hydroxyl groups excluding tert-OH is 4. The van der Waals surface area contributed by atoms with Gasteiger partial charge in [-0.25, -0.2) is 0 Å². The van der Waals surface area contributed by atoms with E-state index in [-0.39, 0.29) is 5.75 Å². The number of aliphatic hydroxyl groups is 4. The summed E-state index contributed by atoms with van der Waals surface area (Å²) in [6, 6.07) is 4.91. The van der Waals surface area contributed by atoms with E-state index in [9.17, 15) is 25.2 Å². The van der Waals surface area contributed by atoms with Crippen LogP contribution in [0.1, 0.15) is 5.56 Å². The smallest absolute Gasteiger partial charge is 0.147 e. The summed E-state index contributed by atoms with van der Waals surface area (Å²) in [6.07, 6.45) is -3.48. The molecule has 0 unspecified atom stereocenters. The Morgan fingerprint density at radius 3 is 2.35 bits per heavy atom. The molecule has 0 aliphatic rings. The number of aromatic hydroxyl groups is 1. The molecular weight excluding hydrogens is 266 g/mol. The third-order valence-corrected chi connectivity index (χ3v) is 2.74. The molecule has 7 nitrogen and oxygen atoms in total. The summed E-state index contributed by atoms with van der Waals surface area (Å²) in [6.45, 7) is -0.757. The van der Waals surface area contributed by atoms with Crippen LogP contribution in [0.5, 0.6) is 5.75 Å². The van der Waals surface area contributed by atoms with Crippen molar-refractivity contribution in [2.45, 2.75) is 24.4 Å². The maximum atomic E-state index is 10.9. The number of rotatable bonds is 7. The van der Waals surface area contributed by atoms with Gasteiger partial charge in [-0.2, -0.15) is 0 Å². The predicted octanol–water partition coefficient (Wildman–Crippen LogP) is -1.55. The Balaban J connectivity index is 2.81. The molecule has 1 aromatic rings. The Kier molecular flexibility index (Phi) is 6.26. The van der Waals surface area contributed by atoms with Crippen molar-refractivity contribution < 1.29 is 30.3 Å². The topological polar surface area (TPSA) is 131 Å². The van der Waals surface area contributed by atoms with E-state index in [4.69, 9.17) is 5.11 Å². The van der Waals surface area contributed by atoms with Crippen molar-refractivity contribution >= 4 is 12.5 Å². The van der Waals surface area contributed by atoms with E-state index in [1.807, 2.05) is 0 Å². The fourth-order valence-electron chi connectivity index (χ4n) is 1.50. The summed E-state index contributed by atoms with van der Waals surface area (Å²) in [5.41, 5.74) is 0.337. The first-order valence-corrected chi connectivity index (χ1v) is 5.92. The van der Waals surface area contributed by atoms with E-state index >= 15 is 0 Å². The Morgan fingerprint density at radius 2 is 1.80 bits per heavy atom. The molecule has 0 radical (unpaired) electrons. The van der Waals surface area contributed by atoms with Crippen molar-refractivity contribution in [3.63, 3.8) is 0 Å². The number of carbonyl (C=O) groups excluding carboxylic acids is 1. The molecule has 7 heteroatoms. The molecule has 0 aliphatic heterocycles. The van der Waals surface area contributed by atoms with Crippen LogP contribution in [0.4, 0.5) is 0 Å². The van der Waals surface area contributed by atoms with Crippen LogP contribution in [-0.4, -0.2) is 69.0 Å². The summed E-state index contributed by atoms with van der Waals surface area (Å²) in [7, 11) is 0. The van der Waals surface area contributed by atoms with Gasteiger partial charge in [-0.15, -0.1) is 0 Å². The number of para-hydroxylation sites is 1. The molecule has 0 fully saturated rings. The molecule has 110 valence electrons. The molecule has 0 spiro atoms. The number of hydrogen-bond donors (Lipinski definition) is 5. The van der Waals surface area contributed by atoms with E-state index in [0.717, 1.165) is 0 Å². The lowest BCUT2D eigenvalue weighted by molar-refractivity contribution is -0.118. The number of hydrogen-bond acceptors (Lipinski definition) is 7. The Morgan fingerprint density at radius 1 is 1.15 bits per heavy atom. The van der Waals surface area contributed by atoms with Gasteiger partial charge in [0.2, 0.25) is 0 Å². The van der Waals surface area contributed by atoms with Crippen molar-refractivity contribution in [1.29, 1.82) is 0 Å². The monoisotopic (exact) mass is 283 g/mol. The lowest BCUT2D eigenvalue weighted by Crippen LogP contribution is -2.45. The highest BCUT2D eigenvalue weighted by molar-refractivity contribution is 5.84. The van der Waals surface area contributed by atoms with Crippen LogP contribution in [0.3, 0.4) is 0 Å². The number of benzene rings is 1. The van der Waals surface area contributed by atoms with Gasteiger partial charge < -0.3 is 30.3 Å². The first-order valence-electron chi connectivity index (χ1n) is 5.92. The first-order chi connectivity index (χ1) is 9.51. The van der Waals surface area contributed by atoms with Gasteiger partial charge in [0.25, 0.3) is 0 Å². The summed E-state index contributed by atoms with van der Waals surface area (Å²) < 4.78 is 0. The second-order valence-electron chi connectivity index (χ2n) is 4.19. The highest BCUT2D eigenvalue weighted by atomic mass is 16.4. The minimum absolute atomic E-state index is 0.0497. The predicted molar refractivity (Wildman–Crippen MR) is 70.7 cm³/mol. The first kappa shape index (κ1) is 16.3. The third kappa shape index (κ3) is 4.10. The summed E-state index contributed by atoms with van der Waals surface area (Å²) in [5.74, 6) is -0.0497. The fraction of sp³-hybridized carbons (Fsp3) is 0.385. The van der Waals surface area contributed by atoms with E-state index in [2.05, 4.69) is 4.99 Å². The van der Waals surface area contributed by atoms with Crippen molar-refractivity contribution in [3.05, 3.63) is 29.8 Å². The van der Waals surface area contributed by atoms with Crippen LogP contribution in [0.2, 0.25) is 0 Å². The highest BCUT2D eigenvalue weighted by Gasteiger charge is 2.30. The number of phenols is 1. The molecule has 1 rings (SSSR count). The molecule has 0 saturated carbocycles. The molecule has 0 bridgehead atoms. The molecule has 0 heterocycles.